The van der Waals surface area contributed by atoms with Crippen molar-refractivity contribution >= 4 is 0 Å². The molecule has 0 saturated heterocycles. The van der Waals surface area contributed by atoms with Crippen LogP contribution in [0.5, 0.6) is 11.5 Å². The average molecular weight is 219 g/mol. The highest BCUT2D eigenvalue weighted by atomic mass is 16.7. The Morgan fingerprint density at radius 3 is 2.88 bits per heavy atom. The van der Waals surface area contributed by atoms with Gasteiger partial charge in [0, 0.05) is 12.6 Å². The lowest BCUT2D eigenvalue weighted by atomic mass is 9.82. The summed E-state index contributed by atoms with van der Waals surface area (Å²) in [7, 11) is 0. The standard InChI is InChI=1S/C13H17NO2/c1-9-4-11(5-9)14-7-10-2-3-12-13(6-10)16-8-15-12/h2-3,6,9,11,14H,4-5,7-8H2,1H3. The number of hydrogen-bond acceptors (Lipinski definition) is 3. The van der Waals surface area contributed by atoms with E-state index in [1.165, 1.54) is 18.4 Å². The molecule has 1 heterocycles. The Hall–Kier alpha value is -1.22. The Balaban J connectivity index is 1.58. The van der Waals surface area contributed by atoms with Crippen LogP contribution < -0.4 is 14.8 Å². The van der Waals surface area contributed by atoms with Crippen molar-refractivity contribution in [2.24, 2.45) is 5.92 Å². The van der Waals surface area contributed by atoms with Crippen molar-refractivity contribution in [1.82, 2.24) is 5.32 Å². The minimum atomic E-state index is 0.354. The molecule has 3 nitrogen and oxygen atoms in total. The van der Waals surface area contributed by atoms with Gasteiger partial charge < -0.3 is 14.8 Å². The Bertz CT molecular complexity index is 386. The highest BCUT2D eigenvalue weighted by Crippen LogP contribution is 2.33. The summed E-state index contributed by atoms with van der Waals surface area (Å²) < 4.78 is 10.6. The Labute approximate surface area is 95.8 Å². The first-order chi connectivity index (χ1) is 7.81. The molecular weight excluding hydrogens is 202 g/mol. The normalized spacial score (nSPS) is 26.6. The van der Waals surface area contributed by atoms with Crippen LogP contribution in [0.15, 0.2) is 18.2 Å². The van der Waals surface area contributed by atoms with Crippen LogP contribution in [-0.2, 0) is 6.54 Å². The molecule has 1 aliphatic carbocycles. The van der Waals surface area contributed by atoms with Gasteiger partial charge in [0.15, 0.2) is 11.5 Å². The first-order valence-corrected chi connectivity index (χ1v) is 5.93. The summed E-state index contributed by atoms with van der Waals surface area (Å²) in [6.45, 7) is 3.58. The summed E-state index contributed by atoms with van der Waals surface area (Å²) in [6.07, 6.45) is 2.62. The van der Waals surface area contributed by atoms with E-state index in [4.69, 9.17) is 9.47 Å². The molecule has 16 heavy (non-hydrogen) atoms. The van der Waals surface area contributed by atoms with Crippen LogP contribution in [0.2, 0.25) is 0 Å². The van der Waals surface area contributed by atoms with Crippen LogP contribution in [0.25, 0.3) is 0 Å². The SMILES string of the molecule is CC1CC(NCc2ccc3c(c2)OCO3)C1. The van der Waals surface area contributed by atoms with Crippen LogP contribution in [0, 0.1) is 5.92 Å². The molecule has 0 radical (unpaired) electrons. The second-order valence-corrected chi connectivity index (χ2v) is 4.84. The fourth-order valence-corrected chi connectivity index (χ4v) is 2.38. The van der Waals surface area contributed by atoms with Gasteiger partial charge in [-0.2, -0.15) is 0 Å². The molecule has 1 saturated carbocycles. The summed E-state index contributed by atoms with van der Waals surface area (Å²) in [6, 6.07) is 6.86. The Morgan fingerprint density at radius 2 is 2.06 bits per heavy atom. The Kier molecular flexibility index (Phi) is 2.48. The predicted octanol–water partition coefficient (Wildman–Crippen LogP) is 2.30. The van der Waals surface area contributed by atoms with E-state index in [2.05, 4.69) is 24.4 Å². The lowest BCUT2D eigenvalue weighted by molar-refractivity contribution is 0.174. The van der Waals surface area contributed by atoms with E-state index in [0.29, 0.717) is 12.8 Å². The molecule has 3 heteroatoms. The van der Waals surface area contributed by atoms with E-state index in [1.54, 1.807) is 0 Å². The topological polar surface area (TPSA) is 30.5 Å². The van der Waals surface area contributed by atoms with Crippen LogP contribution in [0.3, 0.4) is 0 Å². The summed E-state index contributed by atoms with van der Waals surface area (Å²) in [4.78, 5) is 0. The molecule has 0 bridgehead atoms. The molecule has 3 rings (SSSR count). The van der Waals surface area contributed by atoms with Gasteiger partial charge in [0.2, 0.25) is 6.79 Å². The molecule has 0 amide bonds. The molecule has 0 unspecified atom stereocenters. The van der Waals surface area contributed by atoms with Crippen LogP contribution in [0.4, 0.5) is 0 Å². The van der Waals surface area contributed by atoms with Gasteiger partial charge in [-0.1, -0.05) is 13.0 Å². The smallest absolute Gasteiger partial charge is 0.231 e. The van der Waals surface area contributed by atoms with Gasteiger partial charge in [0.25, 0.3) is 0 Å². The summed E-state index contributed by atoms with van der Waals surface area (Å²) in [5.41, 5.74) is 1.27. The summed E-state index contributed by atoms with van der Waals surface area (Å²) in [5.74, 6) is 2.64. The van der Waals surface area contributed by atoms with Gasteiger partial charge in [-0.15, -0.1) is 0 Å². The van der Waals surface area contributed by atoms with Crippen LogP contribution in [0.1, 0.15) is 25.3 Å². The first kappa shape index (κ1) is 9.97. The molecule has 2 aliphatic rings. The number of ether oxygens (including phenoxy) is 2. The highest BCUT2D eigenvalue weighted by Gasteiger charge is 2.24. The van der Waals surface area contributed by atoms with Crippen LogP contribution in [-0.4, -0.2) is 12.8 Å². The fraction of sp³-hybridized carbons (Fsp3) is 0.538. The predicted molar refractivity (Wildman–Crippen MR) is 61.6 cm³/mol. The molecule has 0 atom stereocenters. The largest absolute Gasteiger partial charge is 0.454 e. The zero-order valence-electron chi connectivity index (χ0n) is 9.53. The quantitative estimate of drug-likeness (QED) is 0.846. The second kappa shape index (κ2) is 3.98. The Morgan fingerprint density at radius 1 is 1.25 bits per heavy atom. The second-order valence-electron chi connectivity index (χ2n) is 4.84. The third-order valence-electron chi connectivity index (χ3n) is 3.41. The minimum Gasteiger partial charge on any atom is -0.454 e. The zero-order chi connectivity index (χ0) is 11.0. The number of fused-ring (bicyclic) bond motifs is 1. The molecule has 1 aliphatic heterocycles. The molecule has 0 spiro atoms. The average Bonchev–Trinajstić information content (AvgIpc) is 2.69. The maximum atomic E-state index is 5.35. The van der Waals surface area contributed by atoms with Gasteiger partial charge in [0.1, 0.15) is 0 Å². The van der Waals surface area contributed by atoms with Crippen molar-refractivity contribution in [1.29, 1.82) is 0 Å². The molecular formula is C13H17NO2. The van der Waals surface area contributed by atoms with E-state index < -0.39 is 0 Å². The van der Waals surface area contributed by atoms with Crippen molar-refractivity contribution in [3.63, 3.8) is 0 Å². The fourth-order valence-electron chi connectivity index (χ4n) is 2.38. The molecule has 0 aromatic heterocycles. The van der Waals surface area contributed by atoms with Crippen molar-refractivity contribution in [2.75, 3.05) is 6.79 Å². The van der Waals surface area contributed by atoms with Gasteiger partial charge in [-0.25, -0.2) is 0 Å². The molecule has 86 valence electrons. The van der Waals surface area contributed by atoms with E-state index >= 15 is 0 Å². The van der Waals surface area contributed by atoms with Crippen molar-refractivity contribution in [2.45, 2.75) is 32.4 Å². The number of rotatable bonds is 3. The lowest BCUT2D eigenvalue weighted by Crippen LogP contribution is -2.39. The van der Waals surface area contributed by atoms with Crippen molar-refractivity contribution < 1.29 is 9.47 Å². The maximum Gasteiger partial charge on any atom is 0.231 e. The molecule has 1 aromatic rings. The highest BCUT2D eigenvalue weighted by molar-refractivity contribution is 5.44. The molecule has 1 aromatic carbocycles. The van der Waals surface area contributed by atoms with Crippen molar-refractivity contribution in [3.8, 4) is 11.5 Å². The molecule has 1 fully saturated rings. The summed E-state index contributed by atoms with van der Waals surface area (Å²) >= 11 is 0. The molecule has 1 N–H and O–H groups in total. The van der Waals surface area contributed by atoms with Gasteiger partial charge in [-0.3, -0.25) is 0 Å². The van der Waals surface area contributed by atoms with Gasteiger partial charge in [0.05, 0.1) is 0 Å². The van der Waals surface area contributed by atoms with E-state index in [1.807, 2.05) is 6.07 Å². The monoisotopic (exact) mass is 219 g/mol. The summed E-state index contributed by atoms with van der Waals surface area (Å²) in [5, 5.41) is 3.56. The lowest BCUT2D eigenvalue weighted by Gasteiger charge is -2.33. The minimum absolute atomic E-state index is 0.354. The number of benzene rings is 1. The first-order valence-electron chi connectivity index (χ1n) is 5.93. The number of hydrogen-bond donors (Lipinski definition) is 1. The van der Waals surface area contributed by atoms with E-state index in [0.717, 1.165) is 24.0 Å². The zero-order valence-corrected chi connectivity index (χ0v) is 9.53. The third-order valence-corrected chi connectivity index (χ3v) is 3.41. The third kappa shape index (κ3) is 1.87. The maximum absolute atomic E-state index is 5.35. The van der Waals surface area contributed by atoms with Crippen LogP contribution >= 0.6 is 0 Å². The van der Waals surface area contributed by atoms with Gasteiger partial charge >= 0.3 is 0 Å². The number of nitrogens with one attached hydrogen (secondary N) is 1. The van der Waals surface area contributed by atoms with E-state index in [9.17, 15) is 0 Å². The van der Waals surface area contributed by atoms with E-state index in [-0.39, 0.29) is 0 Å². The van der Waals surface area contributed by atoms with Gasteiger partial charge in [-0.05, 0) is 36.5 Å². The van der Waals surface area contributed by atoms with Crippen molar-refractivity contribution in [3.05, 3.63) is 23.8 Å².